The predicted octanol–water partition coefficient (Wildman–Crippen LogP) is 0.899. The lowest BCUT2D eigenvalue weighted by molar-refractivity contribution is 0.458. The molecule has 0 rings (SSSR count). The van der Waals surface area contributed by atoms with Gasteiger partial charge in [-0.25, -0.2) is 0 Å². The Kier molecular flexibility index (Phi) is 5.19. The molecule has 2 unspecified atom stereocenters. The Morgan fingerprint density at radius 2 is 2.08 bits per heavy atom. The van der Waals surface area contributed by atoms with Crippen LogP contribution in [0.3, 0.4) is 0 Å². The summed E-state index contributed by atoms with van der Waals surface area (Å²) in [6.45, 7) is 3.25. The molecule has 0 saturated carbocycles. The summed E-state index contributed by atoms with van der Waals surface area (Å²) in [5.74, 6) is 0. The lowest BCUT2D eigenvalue weighted by atomic mass is 10.4. The maximum atomic E-state index is 10.8. The number of allylic oxidation sites excluding steroid dienone is 1. The van der Waals surface area contributed by atoms with Gasteiger partial charge in [0.2, 0.25) is 0 Å². The third-order valence-electron chi connectivity index (χ3n) is 1.22. The lowest BCUT2D eigenvalue weighted by Crippen LogP contribution is -2.39. The topological polar surface area (TPSA) is 66.4 Å². The summed E-state index contributed by atoms with van der Waals surface area (Å²) in [4.78, 5) is 0.614. The molecule has 7 heteroatoms. The van der Waals surface area contributed by atoms with Gasteiger partial charge >= 0.3 is 0 Å². The van der Waals surface area contributed by atoms with E-state index in [1.807, 2.05) is 0 Å². The van der Waals surface area contributed by atoms with Crippen molar-refractivity contribution in [2.24, 2.45) is 0 Å². The van der Waals surface area contributed by atoms with E-state index < -0.39 is 20.7 Å². The first kappa shape index (κ1) is 13.2. The van der Waals surface area contributed by atoms with Crippen molar-refractivity contribution in [2.45, 2.75) is 24.5 Å². The Balaban J connectivity index is 4.57. The van der Waals surface area contributed by atoms with E-state index in [1.165, 1.54) is 6.20 Å². The number of thiol groups is 2. The minimum Gasteiger partial charge on any atom is -0.372 e. The van der Waals surface area contributed by atoms with Gasteiger partial charge in [-0.05, 0) is 11.8 Å². The van der Waals surface area contributed by atoms with Gasteiger partial charge in [0.05, 0.1) is 0 Å². The van der Waals surface area contributed by atoms with Crippen LogP contribution in [0.1, 0.15) is 13.8 Å². The Labute approximate surface area is 89.4 Å². The zero-order valence-corrected chi connectivity index (χ0v) is 9.90. The van der Waals surface area contributed by atoms with E-state index in [2.05, 4.69) is 30.6 Å². The van der Waals surface area contributed by atoms with Gasteiger partial charge in [-0.2, -0.15) is 21.0 Å². The highest BCUT2D eigenvalue weighted by Crippen LogP contribution is 2.08. The lowest BCUT2D eigenvalue weighted by Gasteiger charge is -2.17. The molecule has 0 saturated heterocycles. The molecule has 0 aromatic heterocycles. The molecule has 2 atom stereocenters. The molecule has 2 N–H and O–H groups in total. The van der Waals surface area contributed by atoms with Crippen LogP contribution in [0.25, 0.3) is 0 Å². The summed E-state index contributed by atoms with van der Waals surface area (Å²) < 4.78 is 30.3. The molecule has 0 heterocycles. The largest absolute Gasteiger partial charge is 0.372 e. The van der Waals surface area contributed by atoms with E-state index in [9.17, 15) is 8.42 Å². The van der Waals surface area contributed by atoms with E-state index in [-0.39, 0.29) is 0 Å². The second kappa shape index (κ2) is 5.14. The minimum absolute atomic E-state index is 0.515. The van der Waals surface area contributed by atoms with Gasteiger partial charge in [0.15, 0.2) is 5.37 Å². The van der Waals surface area contributed by atoms with Crippen LogP contribution in [-0.2, 0) is 10.1 Å². The Bertz CT molecular complexity index is 279. The van der Waals surface area contributed by atoms with Gasteiger partial charge in [-0.1, -0.05) is 6.92 Å². The second-order valence-electron chi connectivity index (χ2n) is 2.63. The van der Waals surface area contributed by atoms with Gasteiger partial charge < -0.3 is 5.32 Å². The molecule has 0 fully saturated rings. The highest BCUT2D eigenvalue weighted by Gasteiger charge is 2.25. The first-order valence-corrected chi connectivity index (χ1v) is 5.98. The predicted molar refractivity (Wildman–Crippen MR) is 59.7 cm³/mol. The fourth-order valence-electron chi connectivity index (χ4n) is 0.677. The standard InChI is InChI=1S/C6H13NO3S3/c1-4(11)3-7-6(5(2)12)13(8,9)10/h3,5-7,11-12H,1-2H3,(H,8,9,10). The van der Waals surface area contributed by atoms with E-state index in [1.54, 1.807) is 13.8 Å². The maximum absolute atomic E-state index is 10.8. The van der Waals surface area contributed by atoms with Gasteiger partial charge in [-0.15, -0.1) is 12.6 Å². The van der Waals surface area contributed by atoms with Crippen molar-refractivity contribution in [2.75, 3.05) is 0 Å². The molecule has 0 spiro atoms. The van der Waals surface area contributed by atoms with E-state index in [4.69, 9.17) is 4.55 Å². The fraction of sp³-hybridized carbons (Fsp3) is 0.667. The molecule has 0 aliphatic rings. The summed E-state index contributed by atoms with van der Waals surface area (Å²) >= 11 is 7.87. The average molecular weight is 243 g/mol. The zero-order chi connectivity index (χ0) is 10.6. The highest BCUT2D eigenvalue weighted by atomic mass is 32.2. The van der Waals surface area contributed by atoms with E-state index in [0.717, 1.165) is 0 Å². The normalized spacial score (nSPS) is 18.1. The third kappa shape index (κ3) is 5.45. The van der Waals surface area contributed by atoms with Crippen molar-refractivity contribution in [3.05, 3.63) is 11.1 Å². The van der Waals surface area contributed by atoms with Crippen molar-refractivity contribution in [1.29, 1.82) is 0 Å². The molecule has 0 aliphatic heterocycles. The summed E-state index contributed by atoms with van der Waals surface area (Å²) in [6, 6.07) is 0. The van der Waals surface area contributed by atoms with Crippen LogP contribution >= 0.6 is 25.3 Å². The van der Waals surface area contributed by atoms with Gasteiger partial charge in [-0.3, -0.25) is 4.55 Å². The number of hydrogen-bond donors (Lipinski definition) is 4. The number of hydrogen-bond acceptors (Lipinski definition) is 5. The Hall–Kier alpha value is 0.150. The van der Waals surface area contributed by atoms with Crippen molar-refractivity contribution in [1.82, 2.24) is 5.32 Å². The fourth-order valence-corrected chi connectivity index (χ4v) is 2.04. The van der Waals surface area contributed by atoms with Gasteiger partial charge in [0.1, 0.15) is 0 Å². The van der Waals surface area contributed by atoms with Crippen molar-refractivity contribution >= 4 is 35.4 Å². The molecular formula is C6H13NO3S3. The number of rotatable bonds is 4. The van der Waals surface area contributed by atoms with Gasteiger partial charge in [0.25, 0.3) is 10.1 Å². The van der Waals surface area contributed by atoms with Gasteiger partial charge in [0, 0.05) is 11.4 Å². The van der Waals surface area contributed by atoms with Crippen LogP contribution in [0.2, 0.25) is 0 Å². The molecule has 0 aromatic carbocycles. The third-order valence-corrected chi connectivity index (χ3v) is 3.03. The monoisotopic (exact) mass is 243 g/mol. The van der Waals surface area contributed by atoms with Crippen molar-refractivity contribution in [3.8, 4) is 0 Å². The van der Waals surface area contributed by atoms with Crippen LogP contribution in [0, 0.1) is 0 Å². The van der Waals surface area contributed by atoms with Crippen LogP contribution < -0.4 is 5.32 Å². The quantitative estimate of drug-likeness (QED) is 0.437. The minimum atomic E-state index is -4.13. The summed E-state index contributed by atoms with van der Waals surface area (Å²) in [5, 5.41) is 0.878. The average Bonchev–Trinajstić information content (AvgIpc) is 1.81. The first-order chi connectivity index (χ1) is 5.75. The molecule has 78 valence electrons. The summed E-state index contributed by atoms with van der Waals surface area (Å²) in [5.41, 5.74) is 0. The molecule has 0 bridgehead atoms. The molecule has 13 heavy (non-hydrogen) atoms. The molecule has 0 amide bonds. The van der Waals surface area contributed by atoms with Crippen LogP contribution in [0.15, 0.2) is 11.1 Å². The smallest absolute Gasteiger partial charge is 0.287 e. The molecule has 0 aliphatic carbocycles. The summed E-state index contributed by atoms with van der Waals surface area (Å²) in [6.07, 6.45) is 1.40. The molecule has 4 nitrogen and oxygen atoms in total. The van der Waals surface area contributed by atoms with Crippen LogP contribution in [0.4, 0.5) is 0 Å². The van der Waals surface area contributed by atoms with Crippen molar-refractivity contribution < 1.29 is 13.0 Å². The second-order valence-corrected chi connectivity index (χ2v) is 5.69. The number of nitrogens with one attached hydrogen (secondary N) is 1. The van der Waals surface area contributed by atoms with E-state index >= 15 is 0 Å². The SMILES string of the molecule is CC(S)=CNC(C(C)S)S(=O)(=O)O. The highest BCUT2D eigenvalue weighted by molar-refractivity contribution is 7.88. The van der Waals surface area contributed by atoms with E-state index in [0.29, 0.717) is 4.91 Å². The van der Waals surface area contributed by atoms with Crippen LogP contribution in [0.5, 0.6) is 0 Å². The zero-order valence-electron chi connectivity index (χ0n) is 7.30. The summed E-state index contributed by atoms with van der Waals surface area (Å²) in [7, 11) is -4.13. The Morgan fingerprint density at radius 3 is 2.31 bits per heavy atom. The van der Waals surface area contributed by atoms with Crippen molar-refractivity contribution in [3.63, 3.8) is 0 Å². The molecule has 0 aromatic rings. The van der Waals surface area contributed by atoms with Crippen LogP contribution in [-0.4, -0.2) is 23.6 Å². The molecule has 0 radical (unpaired) electrons. The molecular weight excluding hydrogens is 230 g/mol. The maximum Gasteiger partial charge on any atom is 0.287 e. The first-order valence-electron chi connectivity index (χ1n) is 3.51. The Morgan fingerprint density at radius 1 is 1.62 bits per heavy atom.